The summed E-state index contributed by atoms with van der Waals surface area (Å²) >= 11 is 0. The second-order valence-corrected chi connectivity index (χ2v) is 5.46. The maximum Gasteiger partial charge on any atom is 0.240 e. The van der Waals surface area contributed by atoms with Crippen molar-refractivity contribution in [1.29, 1.82) is 0 Å². The molecule has 0 aliphatic heterocycles. The number of para-hydroxylation sites is 2. The molecule has 0 spiro atoms. The van der Waals surface area contributed by atoms with Crippen molar-refractivity contribution in [2.24, 2.45) is 0 Å². The molecule has 2 heterocycles. The zero-order valence-corrected chi connectivity index (χ0v) is 13.5. The molecule has 0 aliphatic rings. The predicted octanol–water partition coefficient (Wildman–Crippen LogP) is 1.83. The van der Waals surface area contributed by atoms with Crippen molar-refractivity contribution in [1.82, 2.24) is 29.6 Å². The van der Waals surface area contributed by atoms with Gasteiger partial charge in [0.15, 0.2) is 0 Å². The SMILES string of the molecule is CCn1ncnc1[C@@H](C)NC(=O)Cn1c(C)nc2ccccc21. The standard InChI is InChI=1S/C16H20N6O/c1-4-22-16(17-10-18-22)11(2)19-15(23)9-21-12(3)20-13-7-5-6-8-14(13)21/h5-8,10-11H,4,9H2,1-3H3,(H,19,23)/t11-/m1/s1. The summed E-state index contributed by atoms with van der Waals surface area (Å²) < 4.78 is 3.70. The lowest BCUT2D eigenvalue weighted by Gasteiger charge is -2.15. The molecule has 1 atom stereocenters. The highest BCUT2D eigenvalue weighted by Crippen LogP contribution is 2.15. The Balaban J connectivity index is 1.75. The van der Waals surface area contributed by atoms with E-state index in [1.54, 1.807) is 4.68 Å². The van der Waals surface area contributed by atoms with Crippen molar-refractivity contribution in [2.75, 3.05) is 0 Å². The molecule has 1 amide bonds. The fourth-order valence-electron chi connectivity index (χ4n) is 2.74. The van der Waals surface area contributed by atoms with Crippen LogP contribution in [-0.4, -0.2) is 30.2 Å². The van der Waals surface area contributed by atoms with Gasteiger partial charge in [-0.05, 0) is 32.9 Å². The molecule has 1 N–H and O–H groups in total. The molecule has 3 rings (SSSR count). The minimum Gasteiger partial charge on any atom is -0.345 e. The third kappa shape index (κ3) is 2.94. The third-order valence-corrected chi connectivity index (χ3v) is 3.86. The van der Waals surface area contributed by atoms with Gasteiger partial charge in [0.2, 0.25) is 5.91 Å². The molecule has 7 nitrogen and oxygen atoms in total. The first-order chi connectivity index (χ1) is 11.1. The largest absolute Gasteiger partial charge is 0.345 e. The molecule has 1 aromatic carbocycles. The maximum atomic E-state index is 12.4. The van der Waals surface area contributed by atoms with Gasteiger partial charge in [-0.3, -0.25) is 4.79 Å². The quantitative estimate of drug-likeness (QED) is 0.779. The number of aryl methyl sites for hydroxylation is 2. The van der Waals surface area contributed by atoms with Crippen LogP contribution in [0.1, 0.15) is 31.5 Å². The molecule has 23 heavy (non-hydrogen) atoms. The minimum atomic E-state index is -0.194. The lowest BCUT2D eigenvalue weighted by Crippen LogP contribution is -2.32. The van der Waals surface area contributed by atoms with Gasteiger partial charge in [-0.15, -0.1) is 0 Å². The minimum absolute atomic E-state index is 0.0746. The Morgan fingerprint density at radius 2 is 2.13 bits per heavy atom. The Morgan fingerprint density at radius 1 is 1.35 bits per heavy atom. The maximum absolute atomic E-state index is 12.4. The highest BCUT2D eigenvalue weighted by molar-refractivity contribution is 5.81. The molecular formula is C16H20N6O. The average molecular weight is 312 g/mol. The Bertz CT molecular complexity index is 834. The zero-order valence-electron chi connectivity index (χ0n) is 13.5. The van der Waals surface area contributed by atoms with E-state index in [2.05, 4.69) is 20.4 Å². The average Bonchev–Trinajstić information content (AvgIpc) is 3.12. The van der Waals surface area contributed by atoms with Crippen molar-refractivity contribution in [3.05, 3.63) is 42.2 Å². The summed E-state index contributed by atoms with van der Waals surface area (Å²) in [6.45, 7) is 6.77. The van der Waals surface area contributed by atoms with Crippen molar-refractivity contribution in [3.63, 3.8) is 0 Å². The van der Waals surface area contributed by atoms with Crippen LogP contribution in [0, 0.1) is 6.92 Å². The molecule has 7 heteroatoms. The zero-order chi connectivity index (χ0) is 16.4. The molecule has 0 saturated heterocycles. The molecule has 2 aromatic heterocycles. The number of imidazole rings is 1. The summed E-state index contributed by atoms with van der Waals surface area (Å²) in [5.74, 6) is 1.51. The summed E-state index contributed by atoms with van der Waals surface area (Å²) in [4.78, 5) is 21.1. The van der Waals surface area contributed by atoms with Crippen LogP contribution < -0.4 is 5.32 Å². The summed E-state index contributed by atoms with van der Waals surface area (Å²) in [6.07, 6.45) is 1.51. The number of aromatic nitrogens is 5. The number of hydrogen-bond acceptors (Lipinski definition) is 4. The monoisotopic (exact) mass is 312 g/mol. The molecule has 0 saturated carbocycles. The first-order valence-corrected chi connectivity index (χ1v) is 7.69. The van der Waals surface area contributed by atoms with Crippen LogP contribution in [0.5, 0.6) is 0 Å². The van der Waals surface area contributed by atoms with E-state index in [1.807, 2.05) is 49.6 Å². The van der Waals surface area contributed by atoms with Crippen LogP contribution in [0.4, 0.5) is 0 Å². The molecule has 0 aliphatic carbocycles. The van der Waals surface area contributed by atoms with Crippen molar-refractivity contribution < 1.29 is 4.79 Å². The number of nitrogens with zero attached hydrogens (tertiary/aromatic N) is 5. The number of amides is 1. The van der Waals surface area contributed by atoms with E-state index in [0.717, 1.165) is 29.2 Å². The van der Waals surface area contributed by atoms with Gasteiger partial charge < -0.3 is 9.88 Å². The van der Waals surface area contributed by atoms with Crippen LogP contribution in [0.3, 0.4) is 0 Å². The second kappa shape index (κ2) is 6.20. The van der Waals surface area contributed by atoms with Crippen LogP contribution in [0.2, 0.25) is 0 Å². The summed E-state index contributed by atoms with van der Waals surface area (Å²) in [7, 11) is 0. The number of carbonyl (C=O) groups excluding carboxylic acids is 1. The van der Waals surface area contributed by atoms with E-state index in [4.69, 9.17) is 0 Å². The van der Waals surface area contributed by atoms with Crippen LogP contribution in [0.15, 0.2) is 30.6 Å². The number of carbonyl (C=O) groups is 1. The normalized spacial score (nSPS) is 12.5. The molecule has 0 radical (unpaired) electrons. The number of rotatable bonds is 5. The highest BCUT2D eigenvalue weighted by Gasteiger charge is 2.16. The first kappa shape index (κ1) is 15.2. The number of nitrogens with one attached hydrogen (secondary N) is 1. The fraction of sp³-hybridized carbons (Fsp3) is 0.375. The molecule has 3 aromatic rings. The molecule has 0 fully saturated rings. The Labute approximate surface area is 134 Å². The van der Waals surface area contributed by atoms with Crippen LogP contribution in [0.25, 0.3) is 11.0 Å². The van der Waals surface area contributed by atoms with Crippen molar-refractivity contribution in [3.8, 4) is 0 Å². The predicted molar refractivity (Wildman–Crippen MR) is 86.7 cm³/mol. The summed E-state index contributed by atoms with van der Waals surface area (Å²) in [5.41, 5.74) is 1.86. The van der Waals surface area contributed by atoms with Gasteiger partial charge in [-0.25, -0.2) is 14.6 Å². The van der Waals surface area contributed by atoms with Gasteiger partial charge in [-0.1, -0.05) is 12.1 Å². The van der Waals surface area contributed by atoms with Crippen molar-refractivity contribution >= 4 is 16.9 Å². The number of benzene rings is 1. The molecule has 0 unspecified atom stereocenters. The van der Waals surface area contributed by atoms with Gasteiger partial charge in [0, 0.05) is 6.54 Å². The Morgan fingerprint density at radius 3 is 2.91 bits per heavy atom. The van der Waals surface area contributed by atoms with Gasteiger partial charge in [0.05, 0.1) is 17.1 Å². The fourth-order valence-corrected chi connectivity index (χ4v) is 2.74. The van der Waals surface area contributed by atoms with E-state index in [1.165, 1.54) is 6.33 Å². The Hall–Kier alpha value is -2.70. The third-order valence-electron chi connectivity index (χ3n) is 3.86. The van der Waals surface area contributed by atoms with E-state index in [-0.39, 0.29) is 18.5 Å². The van der Waals surface area contributed by atoms with E-state index < -0.39 is 0 Å². The smallest absolute Gasteiger partial charge is 0.240 e. The number of hydrogen-bond donors (Lipinski definition) is 1. The highest BCUT2D eigenvalue weighted by atomic mass is 16.2. The van der Waals surface area contributed by atoms with Gasteiger partial charge >= 0.3 is 0 Å². The first-order valence-electron chi connectivity index (χ1n) is 7.69. The number of fused-ring (bicyclic) bond motifs is 1. The van der Waals surface area contributed by atoms with E-state index >= 15 is 0 Å². The van der Waals surface area contributed by atoms with Crippen LogP contribution in [-0.2, 0) is 17.9 Å². The lowest BCUT2D eigenvalue weighted by atomic mass is 10.3. The summed E-state index contributed by atoms with van der Waals surface area (Å²) in [6, 6.07) is 7.62. The van der Waals surface area contributed by atoms with Gasteiger partial charge in [0.1, 0.15) is 24.5 Å². The van der Waals surface area contributed by atoms with E-state index in [0.29, 0.717) is 0 Å². The van der Waals surface area contributed by atoms with E-state index in [9.17, 15) is 4.79 Å². The van der Waals surface area contributed by atoms with Gasteiger partial charge in [-0.2, -0.15) is 5.10 Å². The van der Waals surface area contributed by atoms with Crippen LogP contribution >= 0.6 is 0 Å². The van der Waals surface area contributed by atoms with Gasteiger partial charge in [0.25, 0.3) is 0 Å². The molecule has 120 valence electrons. The second-order valence-electron chi connectivity index (χ2n) is 5.46. The Kier molecular flexibility index (Phi) is 4.10. The lowest BCUT2D eigenvalue weighted by molar-refractivity contribution is -0.122. The summed E-state index contributed by atoms with van der Waals surface area (Å²) in [5, 5.41) is 7.11. The topological polar surface area (TPSA) is 77.6 Å². The molecule has 0 bridgehead atoms. The van der Waals surface area contributed by atoms with Crippen molar-refractivity contribution in [2.45, 2.75) is 39.9 Å². The molecular weight excluding hydrogens is 292 g/mol.